The summed E-state index contributed by atoms with van der Waals surface area (Å²) in [5, 5.41) is 38.9. The van der Waals surface area contributed by atoms with Crippen molar-refractivity contribution in [2.45, 2.75) is 166 Å². The molecule has 624 valence electrons. The fourth-order valence-electron chi connectivity index (χ4n) is 7.52. The van der Waals surface area contributed by atoms with Gasteiger partial charge in [-0.25, -0.2) is 19.9 Å². The zero-order valence-electron chi connectivity index (χ0n) is 72.5. The van der Waals surface area contributed by atoms with Gasteiger partial charge in [0.05, 0.1) is 75.0 Å². The minimum atomic E-state index is 0.845. The number of oxazole rings is 1. The van der Waals surface area contributed by atoms with Crippen molar-refractivity contribution in [3.63, 3.8) is 0 Å². The van der Waals surface area contributed by atoms with E-state index in [1.807, 2.05) is 335 Å². The molecule has 0 radical (unpaired) electrons. The van der Waals surface area contributed by atoms with E-state index in [2.05, 4.69) is 162 Å². The van der Waals surface area contributed by atoms with Gasteiger partial charge in [-0.3, -0.25) is 5.10 Å². The Balaban J connectivity index is -0.000000579. The number of nitrogens with one attached hydrogen (secondary N) is 4. The number of hydrogen-bond acceptors (Lipinski definition) is 21. The topological polar surface area (TPSA) is 283 Å². The maximum atomic E-state index is 5.12. The largest absolute Gasteiger partial charge is 0.464 e. The standard InChI is InChI=1S/C8H7N.C8H6O.C8H6S.C7H6N2.2C7H5NO.2C7H5NS.2C2H3N3.C2H2N2O.C2H2N2S.12C2H6/c3*1-2-4-8-7(3-1)5-6-9-8;2*1-2-4-7-6(3-1)8-5-9-7;1-2-4-7-6(3-1)5-8-9-7;1-2-4-7-6(3-1)8-5-9-7;1-2-4-7-6(3-1)5-8-9-7;1-3-2-5-4-1;1-2-4-5-3-1;2*1-2-5-4-3-1;12*1-2/h1-6,9H;2*1-6H;1-5H,(H,8,9);4*1-5H;2*1-2H,(H,3,4,5);2*1-2H;12*1-2H3. The predicted molar refractivity (Wildman–Crippen MR) is 503 cm³/mol. The highest BCUT2D eigenvalue weighted by Crippen LogP contribution is 2.20. The van der Waals surface area contributed by atoms with Gasteiger partial charge in [-0.15, -0.1) is 32.9 Å². The first-order chi connectivity index (χ1) is 57.7. The smallest absolute Gasteiger partial charge is 0.181 e. The van der Waals surface area contributed by atoms with Gasteiger partial charge in [-0.05, 0) is 130 Å². The van der Waals surface area contributed by atoms with Crippen LogP contribution in [0.25, 0.3) is 85.4 Å². The summed E-state index contributed by atoms with van der Waals surface area (Å²) in [6.45, 7) is 48.0. The first kappa shape index (κ1) is 110. The quantitative estimate of drug-likeness (QED) is 0.110. The molecule has 4 N–H and O–H groups in total. The Labute approximate surface area is 705 Å². The van der Waals surface area contributed by atoms with E-state index < -0.39 is 0 Å². The van der Waals surface area contributed by atoms with Crippen LogP contribution in [0, 0.1) is 0 Å². The fourth-order valence-corrected chi connectivity index (χ4v) is 9.91. The average molecular weight is 1650 g/mol. The monoisotopic (exact) mass is 1650 g/mol. The van der Waals surface area contributed by atoms with Crippen LogP contribution in [-0.2, 0) is 0 Å². The molecular weight excluding hydrogens is 1520 g/mol. The molecule has 0 aliphatic carbocycles. The van der Waals surface area contributed by atoms with Crippen molar-refractivity contribution in [3.8, 4) is 0 Å². The molecule has 0 atom stereocenters. The molecule has 0 unspecified atom stereocenters. The number of para-hydroxylation sites is 8. The van der Waals surface area contributed by atoms with Crippen molar-refractivity contribution in [1.82, 2.24) is 85.0 Å². The van der Waals surface area contributed by atoms with E-state index in [0.717, 1.165) is 49.6 Å². The summed E-state index contributed by atoms with van der Waals surface area (Å²) in [7, 11) is 0. The van der Waals surface area contributed by atoms with Gasteiger partial charge < -0.3 is 27.8 Å². The van der Waals surface area contributed by atoms with E-state index in [1.165, 1.54) is 90.3 Å². The number of nitrogens with zero attached hydrogens (tertiary/aromatic N) is 13. The lowest BCUT2D eigenvalue weighted by Gasteiger charge is -1.83. The van der Waals surface area contributed by atoms with Gasteiger partial charge >= 0.3 is 0 Å². The van der Waals surface area contributed by atoms with Crippen LogP contribution in [0.5, 0.6) is 0 Å². The van der Waals surface area contributed by atoms with E-state index in [4.69, 9.17) is 13.4 Å². The van der Waals surface area contributed by atoms with Crippen molar-refractivity contribution in [1.29, 1.82) is 0 Å². The summed E-state index contributed by atoms with van der Waals surface area (Å²) in [6, 6.07) is 70.4. The number of aromatic nitrogens is 17. The molecule has 0 aliphatic heterocycles. The van der Waals surface area contributed by atoms with Crippen LogP contribution in [0.1, 0.15) is 166 Å². The lowest BCUT2D eigenvalue weighted by atomic mass is 10.3. The maximum Gasteiger partial charge on any atom is 0.181 e. The minimum absolute atomic E-state index is 0.845. The number of rotatable bonds is 0. The van der Waals surface area contributed by atoms with Crippen LogP contribution >= 0.6 is 45.7 Å². The molecule has 0 amide bonds. The Morgan fingerprint density at radius 1 is 0.353 bits per heavy atom. The predicted octanol–water partition coefficient (Wildman–Crippen LogP) is 29.8. The van der Waals surface area contributed by atoms with Crippen LogP contribution in [0.3, 0.4) is 0 Å². The lowest BCUT2D eigenvalue weighted by Crippen LogP contribution is -1.63. The molecule has 8 aromatic carbocycles. The average Bonchev–Trinajstić information content (AvgIpc) is 1.81. The van der Waals surface area contributed by atoms with Gasteiger partial charge in [0.2, 0.25) is 0 Å². The number of H-pyrrole nitrogens is 4. The number of thiophene rings is 1. The molecule has 0 aliphatic rings. The van der Waals surface area contributed by atoms with Gasteiger partial charge in [0, 0.05) is 49.4 Å². The Hall–Kier alpha value is -12.0. The van der Waals surface area contributed by atoms with Gasteiger partial charge in [0.25, 0.3) is 0 Å². The van der Waals surface area contributed by atoms with E-state index in [0.29, 0.717) is 0 Å². The van der Waals surface area contributed by atoms with Crippen LogP contribution < -0.4 is 0 Å². The van der Waals surface area contributed by atoms with Crippen LogP contribution in [0.4, 0.5) is 0 Å². The molecule has 25 heteroatoms. The zero-order chi connectivity index (χ0) is 87.0. The SMILES string of the molecule is CC.CC.CC.CC.CC.CC.CC.CC.CC.CC.CC.CC.c1ccc2[nH]ccc2c1.c1ccc2[nH]cnc2c1.c1ccc2occc2c1.c1ccc2ocnc2c1.c1ccc2oncc2c1.c1ccc2sccc2c1.c1ccc2scnc2c1.c1ccc2sncc2c1.c1cn[nH]n1.c1conn1.c1csnn1.c1nc[nH]n1. The third kappa shape index (κ3) is 50.2. The number of hydrogen-bond donors (Lipinski definition) is 4. The second-order valence-electron chi connectivity index (χ2n) is 17.8. The summed E-state index contributed by atoms with van der Waals surface area (Å²) in [5.41, 5.74) is 9.85. The lowest BCUT2D eigenvalue weighted by molar-refractivity contribution is 0.393. The highest BCUT2D eigenvalue weighted by molar-refractivity contribution is 7.17. The van der Waals surface area contributed by atoms with Crippen molar-refractivity contribution in [3.05, 3.63) is 310 Å². The molecule has 12 aromatic heterocycles. The third-order valence-corrected chi connectivity index (χ3v) is 14.7. The number of aromatic amines is 4. The number of imidazole rings is 1. The molecule has 21 nitrogen and oxygen atoms in total. The van der Waals surface area contributed by atoms with Crippen LogP contribution in [-0.4, -0.2) is 85.0 Å². The third-order valence-electron chi connectivity index (χ3n) is 11.7. The molecule has 20 aromatic rings. The second-order valence-corrected chi connectivity index (χ2v) is 21.1. The first-order valence-electron chi connectivity index (χ1n) is 39.6. The second kappa shape index (κ2) is 85.4. The van der Waals surface area contributed by atoms with Crippen molar-refractivity contribution in [2.75, 3.05) is 0 Å². The normalized spacial score (nSPS) is 8.34. The molecule has 0 saturated heterocycles. The minimum Gasteiger partial charge on any atom is -0.464 e. The van der Waals surface area contributed by atoms with Crippen LogP contribution in [0.2, 0.25) is 0 Å². The van der Waals surface area contributed by atoms with Crippen molar-refractivity contribution >= 4 is 131 Å². The Morgan fingerprint density at radius 3 is 1.40 bits per heavy atom. The van der Waals surface area contributed by atoms with Gasteiger partial charge in [-0.1, -0.05) is 297 Å². The summed E-state index contributed by atoms with van der Waals surface area (Å²) in [4.78, 5) is 21.8. The van der Waals surface area contributed by atoms with Crippen molar-refractivity contribution < 1.29 is 17.9 Å². The van der Waals surface area contributed by atoms with Gasteiger partial charge in [-0.2, -0.15) is 24.9 Å². The number of fused-ring (bicyclic) bond motifs is 8. The van der Waals surface area contributed by atoms with Gasteiger partial charge in [0.1, 0.15) is 30.0 Å². The summed E-state index contributed by atoms with van der Waals surface area (Å²) >= 11 is 6.35. The molecule has 0 bridgehead atoms. The maximum absolute atomic E-state index is 5.12. The van der Waals surface area contributed by atoms with E-state index in [1.54, 1.807) is 60.1 Å². The van der Waals surface area contributed by atoms with E-state index >= 15 is 0 Å². The Kier molecular flexibility index (Phi) is 81.2. The molecule has 20 rings (SSSR count). The highest BCUT2D eigenvalue weighted by atomic mass is 32.1. The Morgan fingerprint density at radius 2 is 0.905 bits per heavy atom. The highest BCUT2D eigenvalue weighted by Gasteiger charge is 1.95. The van der Waals surface area contributed by atoms with Gasteiger partial charge in [0.15, 0.2) is 17.6 Å². The molecule has 0 saturated carbocycles. The summed E-state index contributed by atoms with van der Waals surface area (Å²) in [6.07, 6.45) is 21.0. The van der Waals surface area contributed by atoms with E-state index in [-0.39, 0.29) is 0 Å². The van der Waals surface area contributed by atoms with Crippen molar-refractivity contribution in [2.24, 2.45) is 0 Å². The van der Waals surface area contributed by atoms with Crippen LogP contribution in [0.15, 0.2) is 328 Å². The Bertz CT molecular complexity index is 3840. The van der Waals surface area contributed by atoms with E-state index in [9.17, 15) is 0 Å². The molecule has 0 fully saturated rings. The molecular formula is C91H127N17O4S4. The number of benzene rings is 8. The zero-order valence-corrected chi connectivity index (χ0v) is 75.8. The first-order valence-corrected chi connectivity index (χ1v) is 43.0. The molecule has 0 spiro atoms. The fraction of sp³-hybridized carbons (Fsp3) is 0.264. The molecule has 116 heavy (non-hydrogen) atoms. The number of furan rings is 1. The molecule has 12 heterocycles. The summed E-state index contributed by atoms with van der Waals surface area (Å²) in [5.74, 6) is 0. The summed E-state index contributed by atoms with van der Waals surface area (Å²) < 4.78 is 30.7. The number of thiazole rings is 1.